The third-order valence-corrected chi connectivity index (χ3v) is 4.44. The van der Waals surface area contributed by atoms with Crippen molar-refractivity contribution in [1.29, 1.82) is 0 Å². The van der Waals surface area contributed by atoms with Crippen LogP contribution < -0.4 is 0 Å². The Balaban J connectivity index is 4.95. The molecule has 2 nitrogen and oxygen atoms in total. The molecule has 0 saturated carbocycles. The first-order valence-corrected chi connectivity index (χ1v) is 7.03. The molecule has 1 unspecified atom stereocenters. The number of carbonyl (C=O) groups is 1. The number of hydrogen-bond acceptors (Lipinski definition) is 2. The summed E-state index contributed by atoms with van der Waals surface area (Å²) >= 11 is 0. The average molecular weight is 242 g/mol. The lowest BCUT2D eigenvalue weighted by atomic mass is 9.81. The molecule has 0 radical (unpaired) electrons. The highest BCUT2D eigenvalue weighted by Crippen LogP contribution is 2.35. The average Bonchev–Trinajstić information content (AvgIpc) is 2.34. The van der Waals surface area contributed by atoms with Gasteiger partial charge in [-0.2, -0.15) is 0 Å². The maximum absolute atomic E-state index is 12.2. The predicted octanol–water partition coefficient (Wildman–Crippen LogP) is 4.57. The zero-order chi connectivity index (χ0) is 13.7. The summed E-state index contributed by atoms with van der Waals surface area (Å²) in [4.78, 5) is 12.2. The van der Waals surface area contributed by atoms with Gasteiger partial charge in [0.15, 0.2) is 0 Å². The second-order valence-corrected chi connectivity index (χ2v) is 5.71. The topological polar surface area (TPSA) is 26.3 Å². The zero-order valence-electron chi connectivity index (χ0n) is 12.7. The molecule has 0 N–H and O–H groups in total. The molecule has 1 atom stereocenters. The minimum Gasteiger partial charge on any atom is -0.458 e. The van der Waals surface area contributed by atoms with E-state index in [0.717, 1.165) is 25.7 Å². The molecule has 0 bridgehead atoms. The minimum absolute atomic E-state index is 0.0519. The second-order valence-electron chi connectivity index (χ2n) is 5.71. The number of carbonyl (C=O) groups excluding carboxylic acids is 1. The molecule has 0 aliphatic heterocycles. The van der Waals surface area contributed by atoms with E-state index < -0.39 is 0 Å². The highest BCUT2D eigenvalue weighted by atomic mass is 16.6. The Hall–Kier alpha value is -0.530. The summed E-state index contributed by atoms with van der Waals surface area (Å²) in [6.45, 7) is 14.5. The lowest BCUT2D eigenvalue weighted by Gasteiger charge is -2.39. The molecule has 17 heavy (non-hydrogen) atoms. The van der Waals surface area contributed by atoms with Gasteiger partial charge in [-0.15, -0.1) is 0 Å². The highest BCUT2D eigenvalue weighted by molar-refractivity contribution is 5.76. The van der Waals surface area contributed by atoms with Crippen LogP contribution in [0.5, 0.6) is 0 Å². The highest BCUT2D eigenvalue weighted by Gasteiger charge is 2.39. The van der Waals surface area contributed by atoms with Crippen LogP contribution in [0.25, 0.3) is 0 Å². The van der Waals surface area contributed by atoms with Gasteiger partial charge in [0.1, 0.15) is 5.60 Å². The maximum Gasteiger partial charge on any atom is 0.312 e. The van der Waals surface area contributed by atoms with Crippen LogP contribution in [0.3, 0.4) is 0 Å². The maximum atomic E-state index is 12.2. The predicted molar refractivity (Wildman–Crippen MR) is 72.9 cm³/mol. The van der Waals surface area contributed by atoms with Crippen LogP contribution in [0, 0.1) is 11.3 Å². The van der Waals surface area contributed by atoms with Gasteiger partial charge in [-0.05, 0) is 45.4 Å². The molecule has 0 amide bonds. The SMILES string of the molecule is CCC(C)C(CC)(CC)OC(=O)C(C)(C)CC. The fourth-order valence-corrected chi connectivity index (χ4v) is 2.03. The van der Waals surface area contributed by atoms with Crippen LogP contribution >= 0.6 is 0 Å². The summed E-state index contributed by atoms with van der Waals surface area (Å²) < 4.78 is 5.91. The smallest absolute Gasteiger partial charge is 0.312 e. The van der Waals surface area contributed by atoms with Gasteiger partial charge in [0.25, 0.3) is 0 Å². The Morgan fingerprint density at radius 3 is 1.82 bits per heavy atom. The summed E-state index contributed by atoms with van der Waals surface area (Å²) in [5, 5.41) is 0. The van der Waals surface area contributed by atoms with Crippen LogP contribution in [0.2, 0.25) is 0 Å². The van der Waals surface area contributed by atoms with E-state index in [1.807, 2.05) is 20.8 Å². The van der Waals surface area contributed by atoms with E-state index in [2.05, 4.69) is 27.7 Å². The lowest BCUT2D eigenvalue weighted by Crippen LogP contribution is -2.43. The Morgan fingerprint density at radius 2 is 1.53 bits per heavy atom. The van der Waals surface area contributed by atoms with Crippen molar-refractivity contribution in [2.45, 2.75) is 79.8 Å². The molecule has 2 heteroatoms. The summed E-state index contributed by atoms with van der Waals surface area (Å²) in [7, 11) is 0. The first kappa shape index (κ1) is 16.5. The van der Waals surface area contributed by atoms with Crippen LogP contribution in [0.4, 0.5) is 0 Å². The molecule has 0 heterocycles. The van der Waals surface area contributed by atoms with E-state index in [4.69, 9.17) is 4.74 Å². The Morgan fingerprint density at radius 1 is 1.06 bits per heavy atom. The monoisotopic (exact) mass is 242 g/mol. The van der Waals surface area contributed by atoms with Crippen molar-refractivity contribution in [3.05, 3.63) is 0 Å². The molecule has 0 aromatic heterocycles. The quantitative estimate of drug-likeness (QED) is 0.611. The van der Waals surface area contributed by atoms with E-state index in [1.165, 1.54) is 0 Å². The van der Waals surface area contributed by atoms with Crippen molar-refractivity contribution < 1.29 is 9.53 Å². The van der Waals surface area contributed by atoms with Crippen LogP contribution in [0.15, 0.2) is 0 Å². The van der Waals surface area contributed by atoms with Crippen molar-refractivity contribution in [2.75, 3.05) is 0 Å². The number of rotatable bonds is 7. The molecule has 102 valence electrons. The standard InChI is InChI=1S/C15H30O2/c1-8-12(5)15(10-3,11-4)17-13(16)14(6,7)9-2/h12H,8-11H2,1-7H3. The largest absolute Gasteiger partial charge is 0.458 e. The minimum atomic E-state index is -0.372. The third kappa shape index (κ3) is 3.72. The molecule has 0 aromatic carbocycles. The molecular weight excluding hydrogens is 212 g/mol. The van der Waals surface area contributed by atoms with Crippen molar-refractivity contribution in [1.82, 2.24) is 0 Å². The summed E-state index contributed by atoms with van der Waals surface area (Å²) in [6.07, 6.45) is 3.64. The third-order valence-electron chi connectivity index (χ3n) is 4.44. The van der Waals surface area contributed by atoms with Gasteiger partial charge in [-0.1, -0.05) is 34.6 Å². The van der Waals surface area contributed by atoms with Crippen molar-refractivity contribution in [3.63, 3.8) is 0 Å². The molecule has 0 aliphatic rings. The Labute approximate surface area is 107 Å². The molecule has 0 rings (SSSR count). The van der Waals surface area contributed by atoms with Gasteiger partial charge < -0.3 is 4.74 Å². The zero-order valence-corrected chi connectivity index (χ0v) is 12.7. The number of hydrogen-bond donors (Lipinski definition) is 0. The normalized spacial score (nSPS) is 14.5. The summed E-state index contributed by atoms with van der Waals surface area (Å²) in [5.41, 5.74) is -0.651. The van der Waals surface area contributed by atoms with E-state index in [9.17, 15) is 4.79 Å². The van der Waals surface area contributed by atoms with Crippen LogP contribution in [-0.2, 0) is 9.53 Å². The molecular formula is C15H30O2. The Bertz CT molecular complexity index is 239. The first-order chi connectivity index (χ1) is 7.79. The van der Waals surface area contributed by atoms with E-state index >= 15 is 0 Å². The fourth-order valence-electron chi connectivity index (χ4n) is 2.03. The summed E-state index contributed by atoms with van der Waals surface area (Å²) in [6, 6.07) is 0. The van der Waals surface area contributed by atoms with Gasteiger partial charge in [0.2, 0.25) is 0 Å². The molecule has 0 saturated heterocycles. The number of esters is 1. The first-order valence-electron chi connectivity index (χ1n) is 7.03. The van der Waals surface area contributed by atoms with Gasteiger partial charge in [-0.25, -0.2) is 0 Å². The van der Waals surface area contributed by atoms with E-state index in [1.54, 1.807) is 0 Å². The van der Waals surface area contributed by atoms with Gasteiger partial charge in [-0.3, -0.25) is 4.79 Å². The van der Waals surface area contributed by atoms with Crippen molar-refractivity contribution in [2.24, 2.45) is 11.3 Å². The van der Waals surface area contributed by atoms with Gasteiger partial charge >= 0.3 is 5.97 Å². The van der Waals surface area contributed by atoms with Crippen molar-refractivity contribution in [3.8, 4) is 0 Å². The van der Waals surface area contributed by atoms with E-state index in [0.29, 0.717) is 5.92 Å². The molecule has 0 aliphatic carbocycles. The second kappa shape index (κ2) is 6.42. The Kier molecular flexibility index (Phi) is 6.22. The molecule has 0 aromatic rings. The molecule has 0 spiro atoms. The molecule has 0 fully saturated rings. The van der Waals surface area contributed by atoms with Gasteiger partial charge in [0.05, 0.1) is 5.41 Å². The van der Waals surface area contributed by atoms with Crippen LogP contribution in [-0.4, -0.2) is 11.6 Å². The van der Waals surface area contributed by atoms with Gasteiger partial charge in [0, 0.05) is 0 Å². The van der Waals surface area contributed by atoms with Crippen LogP contribution in [0.1, 0.15) is 74.1 Å². The summed E-state index contributed by atoms with van der Waals surface area (Å²) in [5.74, 6) is 0.359. The van der Waals surface area contributed by atoms with Crippen molar-refractivity contribution >= 4 is 5.97 Å². The lowest BCUT2D eigenvalue weighted by molar-refractivity contribution is -0.178. The number of ether oxygens (including phenoxy) is 1. The van der Waals surface area contributed by atoms with E-state index in [-0.39, 0.29) is 17.0 Å². The fraction of sp³-hybridized carbons (Fsp3) is 0.933.